The lowest BCUT2D eigenvalue weighted by Gasteiger charge is -2.32. The fraction of sp³-hybridized carbons (Fsp3) is 0.471. The number of phenols is 1. The third kappa shape index (κ3) is 4.71. The summed E-state index contributed by atoms with van der Waals surface area (Å²) in [6, 6.07) is 6.33. The SMILES string of the molecule is CN(CC(=O)N1CCCC(C(=O)O)C1)C(=O)Cc1ccc(O)cc1. The molecule has 24 heavy (non-hydrogen) atoms. The second-order valence-electron chi connectivity index (χ2n) is 6.11. The summed E-state index contributed by atoms with van der Waals surface area (Å²) < 4.78 is 0. The van der Waals surface area contributed by atoms with Gasteiger partial charge in [-0.15, -0.1) is 0 Å². The lowest BCUT2D eigenvalue weighted by atomic mass is 9.98. The van der Waals surface area contributed by atoms with Gasteiger partial charge >= 0.3 is 5.97 Å². The van der Waals surface area contributed by atoms with E-state index in [1.54, 1.807) is 19.2 Å². The Balaban J connectivity index is 1.87. The van der Waals surface area contributed by atoms with Crippen molar-refractivity contribution < 1.29 is 24.6 Å². The molecule has 2 rings (SSSR count). The van der Waals surface area contributed by atoms with E-state index in [0.717, 1.165) is 5.56 Å². The number of likely N-dealkylation sites (tertiary alicyclic amines) is 1. The van der Waals surface area contributed by atoms with Gasteiger partial charge in [0.2, 0.25) is 11.8 Å². The molecular formula is C17H22N2O5. The number of nitrogens with zero attached hydrogens (tertiary/aromatic N) is 2. The van der Waals surface area contributed by atoms with Gasteiger partial charge in [-0.05, 0) is 30.5 Å². The number of rotatable bonds is 5. The number of piperidine rings is 1. The van der Waals surface area contributed by atoms with E-state index in [0.29, 0.717) is 19.4 Å². The molecule has 1 heterocycles. The highest BCUT2D eigenvalue weighted by molar-refractivity contribution is 5.86. The zero-order valence-electron chi connectivity index (χ0n) is 13.6. The number of phenolic OH excluding ortho intramolecular Hbond substituents is 1. The lowest BCUT2D eigenvalue weighted by Crippen LogP contribution is -2.47. The summed E-state index contributed by atoms with van der Waals surface area (Å²) in [5.74, 6) is -1.72. The molecule has 0 bridgehead atoms. The number of carbonyl (C=O) groups is 3. The third-order valence-corrected chi connectivity index (χ3v) is 4.21. The van der Waals surface area contributed by atoms with E-state index in [4.69, 9.17) is 5.11 Å². The topological polar surface area (TPSA) is 98.2 Å². The number of amides is 2. The number of aromatic hydroxyl groups is 1. The monoisotopic (exact) mass is 334 g/mol. The van der Waals surface area contributed by atoms with Crippen LogP contribution in [0.15, 0.2) is 24.3 Å². The van der Waals surface area contributed by atoms with Crippen LogP contribution in [0.3, 0.4) is 0 Å². The minimum Gasteiger partial charge on any atom is -0.508 e. The van der Waals surface area contributed by atoms with E-state index in [1.165, 1.54) is 21.9 Å². The highest BCUT2D eigenvalue weighted by atomic mass is 16.4. The molecule has 2 amide bonds. The van der Waals surface area contributed by atoms with Crippen LogP contribution >= 0.6 is 0 Å². The molecule has 1 aliphatic heterocycles. The molecule has 1 unspecified atom stereocenters. The normalized spacial score (nSPS) is 17.4. The summed E-state index contributed by atoms with van der Waals surface area (Å²) in [7, 11) is 1.55. The zero-order valence-corrected chi connectivity index (χ0v) is 13.6. The minimum atomic E-state index is -0.885. The number of carboxylic acid groups (broad SMARTS) is 1. The highest BCUT2D eigenvalue weighted by Gasteiger charge is 2.28. The maximum Gasteiger partial charge on any atom is 0.308 e. The van der Waals surface area contributed by atoms with Gasteiger partial charge in [-0.3, -0.25) is 14.4 Å². The van der Waals surface area contributed by atoms with Crippen LogP contribution in [0.1, 0.15) is 18.4 Å². The van der Waals surface area contributed by atoms with Gasteiger partial charge in [0.1, 0.15) is 5.75 Å². The van der Waals surface area contributed by atoms with Crippen molar-refractivity contribution in [1.82, 2.24) is 9.80 Å². The van der Waals surface area contributed by atoms with Crippen molar-refractivity contribution in [2.45, 2.75) is 19.3 Å². The van der Waals surface area contributed by atoms with Gasteiger partial charge in [0.25, 0.3) is 0 Å². The lowest BCUT2D eigenvalue weighted by molar-refractivity contribution is -0.147. The van der Waals surface area contributed by atoms with Crippen LogP contribution in [-0.2, 0) is 20.8 Å². The van der Waals surface area contributed by atoms with E-state index in [2.05, 4.69) is 0 Å². The van der Waals surface area contributed by atoms with Gasteiger partial charge in [0.15, 0.2) is 0 Å². The molecule has 1 aromatic carbocycles. The Morgan fingerprint density at radius 3 is 2.54 bits per heavy atom. The van der Waals surface area contributed by atoms with Crippen molar-refractivity contribution >= 4 is 17.8 Å². The molecule has 1 aromatic rings. The van der Waals surface area contributed by atoms with Crippen LogP contribution in [-0.4, -0.2) is 64.5 Å². The second-order valence-corrected chi connectivity index (χ2v) is 6.11. The van der Waals surface area contributed by atoms with Gasteiger partial charge in [-0.2, -0.15) is 0 Å². The quantitative estimate of drug-likeness (QED) is 0.827. The molecule has 7 nitrogen and oxygen atoms in total. The first-order chi connectivity index (χ1) is 11.4. The van der Waals surface area contributed by atoms with E-state index < -0.39 is 11.9 Å². The Morgan fingerprint density at radius 2 is 1.92 bits per heavy atom. The first kappa shape index (κ1) is 17.8. The number of carboxylic acids is 1. The fourth-order valence-corrected chi connectivity index (χ4v) is 2.72. The predicted octanol–water partition coefficient (Wildman–Crippen LogP) is 0.716. The highest BCUT2D eigenvalue weighted by Crippen LogP contribution is 2.17. The maximum absolute atomic E-state index is 12.3. The van der Waals surface area contributed by atoms with Crippen molar-refractivity contribution in [2.75, 3.05) is 26.7 Å². The number of carbonyl (C=O) groups excluding carboxylic acids is 2. The Hall–Kier alpha value is -2.57. The molecule has 0 saturated carbocycles. The predicted molar refractivity (Wildman–Crippen MR) is 86.4 cm³/mol. The number of benzene rings is 1. The standard InChI is InChI=1S/C17H22N2O5/c1-18(15(21)9-12-4-6-14(20)7-5-12)11-16(22)19-8-2-3-13(10-19)17(23)24/h4-7,13,20H,2-3,8-11H2,1H3,(H,23,24). The third-order valence-electron chi connectivity index (χ3n) is 4.21. The van der Waals surface area contributed by atoms with Crippen molar-refractivity contribution in [2.24, 2.45) is 5.92 Å². The summed E-state index contributed by atoms with van der Waals surface area (Å²) >= 11 is 0. The van der Waals surface area contributed by atoms with Gasteiger partial charge < -0.3 is 20.0 Å². The Bertz CT molecular complexity index is 614. The zero-order chi connectivity index (χ0) is 17.7. The maximum atomic E-state index is 12.3. The Labute approximate surface area is 140 Å². The van der Waals surface area contributed by atoms with E-state index in [-0.39, 0.29) is 37.1 Å². The Morgan fingerprint density at radius 1 is 1.25 bits per heavy atom. The van der Waals surface area contributed by atoms with Crippen molar-refractivity contribution in [3.63, 3.8) is 0 Å². The molecule has 1 aliphatic rings. The fourth-order valence-electron chi connectivity index (χ4n) is 2.72. The summed E-state index contributed by atoms with van der Waals surface area (Å²) in [6.07, 6.45) is 1.38. The van der Waals surface area contributed by atoms with E-state index >= 15 is 0 Å². The second kappa shape index (κ2) is 7.81. The molecule has 7 heteroatoms. The first-order valence-electron chi connectivity index (χ1n) is 7.89. The molecule has 0 aromatic heterocycles. The molecule has 1 atom stereocenters. The van der Waals surface area contributed by atoms with Gasteiger partial charge in [-0.25, -0.2) is 0 Å². The molecule has 1 fully saturated rings. The first-order valence-corrected chi connectivity index (χ1v) is 7.89. The van der Waals surface area contributed by atoms with Crippen molar-refractivity contribution in [1.29, 1.82) is 0 Å². The molecule has 0 spiro atoms. The molecule has 0 aliphatic carbocycles. The average Bonchev–Trinajstić information content (AvgIpc) is 2.56. The largest absolute Gasteiger partial charge is 0.508 e. The average molecular weight is 334 g/mol. The summed E-state index contributed by atoms with van der Waals surface area (Å²) in [4.78, 5) is 38.4. The molecular weight excluding hydrogens is 312 g/mol. The number of hydrogen-bond donors (Lipinski definition) is 2. The van der Waals surface area contributed by atoms with Crippen LogP contribution in [0, 0.1) is 5.92 Å². The molecule has 1 saturated heterocycles. The summed E-state index contributed by atoms with van der Waals surface area (Å²) in [6.45, 7) is 0.667. The summed E-state index contributed by atoms with van der Waals surface area (Å²) in [5, 5.41) is 18.3. The van der Waals surface area contributed by atoms with E-state index in [9.17, 15) is 19.5 Å². The number of hydrogen-bond acceptors (Lipinski definition) is 4. The minimum absolute atomic E-state index is 0.0662. The van der Waals surface area contributed by atoms with Gasteiger partial charge in [-0.1, -0.05) is 12.1 Å². The van der Waals surface area contributed by atoms with Crippen LogP contribution in [0.5, 0.6) is 5.75 Å². The van der Waals surface area contributed by atoms with Crippen LogP contribution in [0.2, 0.25) is 0 Å². The van der Waals surface area contributed by atoms with E-state index in [1.807, 2.05) is 0 Å². The van der Waals surface area contributed by atoms with Gasteiger partial charge in [0, 0.05) is 20.1 Å². The smallest absolute Gasteiger partial charge is 0.308 e. The molecule has 0 radical (unpaired) electrons. The number of aliphatic carboxylic acids is 1. The van der Waals surface area contributed by atoms with Gasteiger partial charge in [0.05, 0.1) is 18.9 Å². The van der Waals surface area contributed by atoms with Crippen LogP contribution < -0.4 is 0 Å². The van der Waals surface area contributed by atoms with Crippen molar-refractivity contribution in [3.05, 3.63) is 29.8 Å². The molecule has 2 N–H and O–H groups in total. The van der Waals surface area contributed by atoms with Crippen molar-refractivity contribution in [3.8, 4) is 5.75 Å². The number of likely N-dealkylation sites (N-methyl/N-ethyl adjacent to an activating group) is 1. The van der Waals surface area contributed by atoms with Crippen LogP contribution in [0.4, 0.5) is 0 Å². The summed E-state index contributed by atoms with van der Waals surface area (Å²) in [5.41, 5.74) is 0.751. The van der Waals surface area contributed by atoms with Crippen LogP contribution in [0.25, 0.3) is 0 Å². The Kier molecular flexibility index (Phi) is 5.78. The molecule has 130 valence electrons.